The van der Waals surface area contributed by atoms with Crippen LogP contribution in [0.15, 0.2) is 24.3 Å². The van der Waals surface area contributed by atoms with Crippen LogP contribution in [0.5, 0.6) is 0 Å². The summed E-state index contributed by atoms with van der Waals surface area (Å²) in [6.45, 7) is 0. The number of para-hydroxylation sites is 2. The predicted molar refractivity (Wildman–Crippen MR) is 39.3 cm³/mol. The highest BCUT2D eigenvalue weighted by atomic mass is 79.9. The maximum absolute atomic E-state index is 5.48. The number of halogens is 1. The van der Waals surface area contributed by atoms with E-state index in [2.05, 4.69) is 9.97 Å². The summed E-state index contributed by atoms with van der Waals surface area (Å²) in [4.78, 5) is 5.96. The van der Waals surface area contributed by atoms with Gasteiger partial charge in [-0.3, -0.25) is 5.73 Å². The van der Waals surface area contributed by atoms with Gasteiger partial charge in [0, 0.05) is 0 Å². The zero-order valence-electron chi connectivity index (χ0n) is 5.76. The van der Waals surface area contributed by atoms with E-state index in [9.17, 15) is 0 Å². The first-order valence-corrected chi connectivity index (χ1v) is 3.12. The van der Waals surface area contributed by atoms with Crippen LogP contribution in [0.4, 0.5) is 5.95 Å². The Kier molecular flexibility index (Phi) is 2.14. The van der Waals surface area contributed by atoms with E-state index in [4.69, 9.17) is 5.73 Å². The minimum Gasteiger partial charge on any atom is -1.00 e. The summed E-state index contributed by atoms with van der Waals surface area (Å²) in [6, 6.07) is 7.88. The molecule has 1 aromatic carbocycles. The van der Waals surface area contributed by atoms with Gasteiger partial charge in [-0.15, -0.1) is 0 Å². The monoisotopic (exact) mass is 213 g/mol. The first kappa shape index (κ1) is 8.07. The van der Waals surface area contributed by atoms with Gasteiger partial charge in [0.2, 0.25) is 0 Å². The molecule has 4 heteroatoms. The van der Waals surface area contributed by atoms with Crippen molar-refractivity contribution in [3.63, 3.8) is 0 Å². The van der Waals surface area contributed by atoms with Crippen LogP contribution in [0.2, 0.25) is 0 Å². The second-order valence-electron chi connectivity index (χ2n) is 2.21. The van der Waals surface area contributed by atoms with Crippen molar-refractivity contribution < 1.29 is 22.0 Å². The smallest absolute Gasteiger partial charge is 0.351 e. The lowest BCUT2D eigenvalue weighted by atomic mass is 10.3. The first-order chi connectivity index (χ1) is 4.86. The Morgan fingerprint density at radius 2 is 2.00 bits per heavy atom. The van der Waals surface area contributed by atoms with Gasteiger partial charge in [0.15, 0.2) is 0 Å². The number of hydrogen-bond acceptors (Lipinski definition) is 1. The number of aromatic nitrogens is 2. The SMILES string of the molecule is Nc1[nH]c2ccccc2[nH+]1.[Br-]. The number of aromatic amines is 2. The average Bonchev–Trinajstić information content (AvgIpc) is 2.27. The van der Waals surface area contributed by atoms with Crippen LogP contribution in [0.25, 0.3) is 11.0 Å². The van der Waals surface area contributed by atoms with Crippen molar-refractivity contribution in [3.05, 3.63) is 24.3 Å². The predicted octanol–water partition coefficient (Wildman–Crippen LogP) is -2.43. The largest absolute Gasteiger partial charge is 1.00 e. The minimum atomic E-state index is 0. The lowest BCUT2D eigenvalue weighted by Crippen LogP contribution is -3.00. The summed E-state index contributed by atoms with van der Waals surface area (Å²) in [5.74, 6) is 0.598. The Bertz CT molecular complexity index is 322. The van der Waals surface area contributed by atoms with E-state index in [0.29, 0.717) is 5.95 Å². The number of H-pyrrole nitrogens is 2. The summed E-state index contributed by atoms with van der Waals surface area (Å²) >= 11 is 0. The molecule has 0 fully saturated rings. The molecular weight excluding hydrogens is 206 g/mol. The number of benzene rings is 1. The molecule has 0 unspecified atom stereocenters. The van der Waals surface area contributed by atoms with Crippen LogP contribution in [0, 0.1) is 0 Å². The molecule has 1 aromatic heterocycles. The third-order valence-corrected chi connectivity index (χ3v) is 1.47. The first-order valence-electron chi connectivity index (χ1n) is 3.12. The molecule has 3 nitrogen and oxygen atoms in total. The van der Waals surface area contributed by atoms with Gasteiger partial charge in [0.05, 0.1) is 0 Å². The number of rotatable bonds is 0. The second kappa shape index (κ2) is 2.92. The van der Waals surface area contributed by atoms with Gasteiger partial charge < -0.3 is 17.0 Å². The fraction of sp³-hybridized carbons (Fsp3) is 0. The lowest BCUT2D eigenvalue weighted by Gasteiger charge is -1.77. The van der Waals surface area contributed by atoms with E-state index in [1.807, 2.05) is 24.3 Å². The molecule has 0 radical (unpaired) electrons. The van der Waals surface area contributed by atoms with Crippen molar-refractivity contribution >= 4 is 17.0 Å². The normalized spacial score (nSPS) is 9.45. The molecule has 1 heterocycles. The van der Waals surface area contributed by atoms with Crippen molar-refractivity contribution in [1.29, 1.82) is 0 Å². The molecule has 0 aliphatic carbocycles. The van der Waals surface area contributed by atoms with Gasteiger partial charge in [-0.2, -0.15) is 0 Å². The molecule has 0 saturated heterocycles. The van der Waals surface area contributed by atoms with Crippen LogP contribution in [-0.2, 0) is 0 Å². The quantitative estimate of drug-likeness (QED) is 0.503. The molecular formula is C7H8BrN3. The highest BCUT2D eigenvalue weighted by Crippen LogP contribution is 2.05. The number of imidazole rings is 1. The Hall–Kier alpha value is -1.03. The average molecular weight is 214 g/mol. The number of hydrogen-bond donors (Lipinski definition) is 2. The van der Waals surface area contributed by atoms with Gasteiger partial charge >= 0.3 is 5.95 Å². The van der Waals surface area contributed by atoms with Crippen LogP contribution in [0.3, 0.4) is 0 Å². The fourth-order valence-electron chi connectivity index (χ4n) is 1.02. The molecule has 0 saturated carbocycles. The van der Waals surface area contributed by atoms with E-state index in [-0.39, 0.29) is 17.0 Å². The van der Waals surface area contributed by atoms with Gasteiger partial charge in [0.25, 0.3) is 0 Å². The molecule has 2 rings (SSSR count). The Labute approximate surface area is 74.4 Å². The van der Waals surface area contributed by atoms with E-state index < -0.39 is 0 Å². The zero-order chi connectivity index (χ0) is 6.97. The lowest BCUT2D eigenvalue weighted by molar-refractivity contribution is -0.325. The van der Waals surface area contributed by atoms with Gasteiger partial charge in [-0.05, 0) is 12.1 Å². The molecule has 2 aromatic rings. The number of nitrogens with two attached hydrogens (primary N) is 1. The third-order valence-electron chi connectivity index (χ3n) is 1.47. The van der Waals surface area contributed by atoms with Crippen molar-refractivity contribution in [1.82, 2.24) is 4.98 Å². The number of fused-ring (bicyclic) bond motifs is 1. The summed E-state index contributed by atoms with van der Waals surface area (Å²) in [5, 5.41) is 0. The molecule has 0 aliphatic heterocycles. The molecule has 0 bridgehead atoms. The maximum Gasteiger partial charge on any atom is 0.351 e. The molecule has 0 spiro atoms. The van der Waals surface area contributed by atoms with Crippen molar-refractivity contribution in [3.8, 4) is 0 Å². The molecule has 58 valence electrons. The van der Waals surface area contributed by atoms with Crippen LogP contribution in [-0.4, -0.2) is 4.98 Å². The third kappa shape index (κ3) is 1.35. The van der Waals surface area contributed by atoms with Gasteiger partial charge in [-0.25, -0.2) is 9.97 Å². The second-order valence-corrected chi connectivity index (χ2v) is 2.21. The topological polar surface area (TPSA) is 56.0 Å². The van der Waals surface area contributed by atoms with Crippen molar-refractivity contribution in [2.45, 2.75) is 0 Å². The molecule has 0 aliphatic rings. The highest BCUT2D eigenvalue weighted by molar-refractivity contribution is 5.71. The number of nitrogens with one attached hydrogen (secondary N) is 2. The van der Waals surface area contributed by atoms with Crippen LogP contribution < -0.4 is 27.7 Å². The molecule has 0 atom stereocenters. The summed E-state index contributed by atoms with van der Waals surface area (Å²) in [7, 11) is 0. The summed E-state index contributed by atoms with van der Waals surface area (Å²) < 4.78 is 0. The van der Waals surface area contributed by atoms with Crippen LogP contribution >= 0.6 is 0 Å². The summed E-state index contributed by atoms with van der Waals surface area (Å²) in [6.07, 6.45) is 0. The van der Waals surface area contributed by atoms with Gasteiger partial charge in [-0.1, -0.05) is 12.1 Å². The zero-order valence-corrected chi connectivity index (χ0v) is 7.35. The van der Waals surface area contributed by atoms with E-state index in [1.54, 1.807) is 0 Å². The van der Waals surface area contributed by atoms with Crippen molar-refractivity contribution in [2.75, 3.05) is 5.73 Å². The van der Waals surface area contributed by atoms with Crippen molar-refractivity contribution in [2.24, 2.45) is 0 Å². The van der Waals surface area contributed by atoms with E-state index in [1.165, 1.54) is 0 Å². The Morgan fingerprint density at radius 1 is 1.27 bits per heavy atom. The Morgan fingerprint density at radius 3 is 2.73 bits per heavy atom. The van der Waals surface area contributed by atoms with Crippen LogP contribution in [0.1, 0.15) is 0 Å². The highest BCUT2D eigenvalue weighted by Gasteiger charge is 2.00. The van der Waals surface area contributed by atoms with E-state index in [0.717, 1.165) is 11.0 Å². The molecule has 0 amide bonds. The number of nitrogen functional groups attached to an aromatic ring is 1. The Balaban J connectivity index is 0.000000605. The van der Waals surface area contributed by atoms with E-state index >= 15 is 0 Å². The standard InChI is InChI=1S/C7H7N3.BrH/c8-7-9-5-3-1-2-4-6(5)10-7;/h1-4H,(H3,8,9,10);1H. The van der Waals surface area contributed by atoms with Gasteiger partial charge in [0.1, 0.15) is 11.0 Å². The molecule has 11 heavy (non-hydrogen) atoms. The minimum absolute atomic E-state index is 0. The summed E-state index contributed by atoms with van der Waals surface area (Å²) in [5.41, 5.74) is 7.56. The fourth-order valence-corrected chi connectivity index (χ4v) is 1.02. The maximum atomic E-state index is 5.48. The number of anilines is 1. The molecule has 4 N–H and O–H groups in total.